The first-order chi connectivity index (χ1) is 8.04. The summed E-state index contributed by atoms with van der Waals surface area (Å²) in [5.74, 6) is 1.53. The molecule has 2 aromatic rings. The molecule has 0 bridgehead atoms. The minimum atomic E-state index is 0.701. The predicted octanol–water partition coefficient (Wildman–Crippen LogP) is 4.33. The van der Waals surface area contributed by atoms with Crippen molar-refractivity contribution in [3.63, 3.8) is 0 Å². The SMILES string of the molecule is Cc1cc(N)cc(Oc2ccc(Cl)cc2C)c1. The molecule has 2 nitrogen and oxygen atoms in total. The van der Waals surface area contributed by atoms with Crippen molar-refractivity contribution in [2.24, 2.45) is 0 Å². The molecule has 0 aliphatic heterocycles. The van der Waals surface area contributed by atoms with E-state index in [0.29, 0.717) is 10.7 Å². The molecule has 2 N–H and O–H groups in total. The van der Waals surface area contributed by atoms with Crippen molar-refractivity contribution in [2.75, 3.05) is 5.73 Å². The third-order valence-corrected chi connectivity index (χ3v) is 2.67. The van der Waals surface area contributed by atoms with E-state index in [2.05, 4.69) is 0 Å². The van der Waals surface area contributed by atoms with Crippen molar-refractivity contribution in [1.82, 2.24) is 0 Å². The van der Waals surface area contributed by atoms with Gasteiger partial charge in [-0.2, -0.15) is 0 Å². The number of hydrogen-bond acceptors (Lipinski definition) is 2. The predicted molar refractivity (Wildman–Crippen MR) is 71.9 cm³/mol. The monoisotopic (exact) mass is 247 g/mol. The fourth-order valence-electron chi connectivity index (χ4n) is 1.69. The van der Waals surface area contributed by atoms with Crippen LogP contribution < -0.4 is 10.5 Å². The normalized spacial score (nSPS) is 10.3. The fraction of sp³-hybridized carbons (Fsp3) is 0.143. The molecule has 0 saturated heterocycles. The second kappa shape index (κ2) is 4.68. The van der Waals surface area contributed by atoms with Crippen LogP contribution in [0.5, 0.6) is 11.5 Å². The van der Waals surface area contributed by atoms with Gasteiger partial charge in [0.05, 0.1) is 0 Å². The molecule has 0 fully saturated rings. The second-order valence-electron chi connectivity index (χ2n) is 4.09. The molecule has 17 heavy (non-hydrogen) atoms. The lowest BCUT2D eigenvalue weighted by Gasteiger charge is -2.10. The van der Waals surface area contributed by atoms with Gasteiger partial charge in [-0.3, -0.25) is 0 Å². The maximum absolute atomic E-state index is 5.89. The maximum Gasteiger partial charge on any atom is 0.130 e. The van der Waals surface area contributed by atoms with E-state index in [-0.39, 0.29) is 0 Å². The minimum Gasteiger partial charge on any atom is -0.457 e. The summed E-state index contributed by atoms with van der Waals surface area (Å²) in [7, 11) is 0. The second-order valence-corrected chi connectivity index (χ2v) is 4.53. The molecule has 88 valence electrons. The van der Waals surface area contributed by atoms with E-state index in [9.17, 15) is 0 Å². The highest BCUT2D eigenvalue weighted by molar-refractivity contribution is 6.30. The lowest BCUT2D eigenvalue weighted by Crippen LogP contribution is -1.91. The van der Waals surface area contributed by atoms with Gasteiger partial charge in [-0.1, -0.05) is 11.6 Å². The van der Waals surface area contributed by atoms with Crippen molar-refractivity contribution in [3.05, 3.63) is 52.5 Å². The molecule has 0 heterocycles. The number of nitrogen functional groups attached to an aromatic ring is 1. The average Bonchev–Trinajstić information content (AvgIpc) is 2.21. The van der Waals surface area contributed by atoms with E-state index in [4.69, 9.17) is 22.1 Å². The molecule has 0 aliphatic rings. The minimum absolute atomic E-state index is 0.701. The summed E-state index contributed by atoms with van der Waals surface area (Å²) in [6.45, 7) is 3.94. The van der Waals surface area contributed by atoms with Gasteiger partial charge in [-0.15, -0.1) is 0 Å². The van der Waals surface area contributed by atoms with Gasteiger partial charge < -0.3 is 10.5 Å². The Morgan fingerprint density at radius 2 is 1.82 bits per heavy atom. The lowest BCUT2D eigenvalue weighted by atomic mass is 10.2. The number of ether oxygens (including phenoxy) is 1. The van der Waals surface area contributed by atoms with Crippen LogP contribution in [-0.2, 0) is 0 Å². The zero-order chi connectivity index (χ0) is 12.4. The number of nitrogens with two attached hydrogens (primary N) is 1. The Hall–Kier alpha value is -1.67. The molecule has 0 saturated carbocycles. The van der Waals surface area contributed by atoms with Crippen LogP contribution in [0.3, 0.4) is 0 Å². The van der Waals surface area contributed by atoms with Gasteiger partial charge in [0.15, 0.2) is 0 Å². The van der Waals surface area contributed by atoms with E-state index in [1.807, 2.05) is 44.2 Å². The molecule has 2 aromatic carbocycles. The van der Waals surface area contributed by atoms with Crippen molar-refractivity contribution < 1.29 is 4.74 Å². The van der Waals surface area contributed by atoms with E-state index in [0.717, 1.165) is 22.6 Å². The first kappa shape index (κ1) is 11.8. The zero-order valence-electron chi connectivity index (χ0n) is 9.83. The highest BCUT2D eigenvalue weighted by Crippen LogP contribution is 2.28. The van der Waals surface area contributed by atoms with Gasteiger partial charge in [0.25, 0.3) is 0 Å². The van der Waals surface area contributed by atoms with E-state index >= 15 is 0 Å². The summed E-state index contributed by atoms with van der Waals surface area (Å²) in [4.78, 5) is 0. The summed E-state index contributed by atoms with van der Waals surface area (Å²) in [5.41, 5.74) is 8.55. The van der Waals surface area contributed by atoms with Crippen LogP contribution in [-0.4, -0.2) is 0 Å². The van der Waals surface area contributed by atoms with Gasteiger partial charge in [-0.05, 0) is 55.3 Å². The Morgan fingerprint density at radius 3 is 2.47 bits per heavy atom. The molecule has 0 aromatic heterocycles. The first-order valence-electron chi connectivity index (χ1n) is 5.36. The number of rotatable bonds is 2. The van der Waals surface area contributed by atoms with E-state index < -0.39 is 0 Å². The highest BCUT2D eigenvalue weighted by atomic mass is 35.5. The number of hydrogen-bond donors (Lipinski definition) is 1. The molecule has 0 unspecified atom stereocenters. The highest BCUT2D eigenvalue weighted by Gasteiger charge is 2.03. The Morgan fingerprint density at radius 1 is 1.06 bits per heavy atom. The summed E-state index contributed by atoms with van der Waals surface area (Å²) in [6, 6.07) is 11.2. The van der Waals surface area contributed by atoms with Crippen LogP contribution in [0.4, 0.5) is 5.69 Å². The van der Waals surface area contributed by atoms with Gasteiger partial charge >= 0.3 is 0 Å². The van der Waals surface area contributed by atoms with Crippen molar-refractivity contribution >= 4 is 17.3 Å². The Bertz CT molecular complexity index is 532. The first-order valence-corrected chi connectivity index (χ1v) is 5.73. The van der Waals surface area contributed by atoms with Crippen LogP contribution in [0, 0.1) is 13.8 Å². The van der Waals surface area contributed by atoms with Gasteiger partial charge in [0, 0.05) is 16.8 Å². The molecule has 3 heteroatoms. The number of benzene rings is 2. The smallest absolute Gasteiger partial charge is 0.130 e. The molecule has 0 atom stereocenters. The topological polar surface area (TPSA) is 35.2 Å². The molecular formula is C14H14ClNO. The fourth-order valence-corrected chi connectivity index (χ4v) is 1.92. The maximum atomic E-state index is 5.89. The van der Waals surface area contributed by atoms with Gasteiger partial charge in [-0.25, -0.2) is 0 Å². The lowest BCUT2D eigenvalue weighted by molar-refractivity contribution is 0.479. The van der Waals surface area contributed by atoms with Crippen LogP contribution >= 0.6 is 11.6 Å². The summed E-state index contributed by atoms with van der Waals surface area (Å²) in [6.07, 6.45) is 0. The summed E-state index contributed by atoms with van der Waals surface area (Å²) >= 11 is 5.89. The molecular weight excluding hydrogens is 234 g/mol. The quantitative estimate of drug-likeness (QED) is 0.802. The number of halogens is 1. The number of aryl methyl sites for hydroxylation is 2. The van der Waals surface area contributed by atoms with Crippen molar-refractivity contribution in [1.29, 1.82) is 0 Å². The Labute approximate surface area is 106 Å². The van der Waals surface area contributed by atoms with E-state index in [1.165, 1.54) is 0 Å². The van der Waals surface area contributed by atoms with Crippen molar-refractivity contribution in [2.45, 2.75) is 13.8 Å². The van der Waals surface area contributed by atoms with E-state index in [1.54, 1.807) is 6.07 Å². The number of anilines is 1. The molecule has 2 rings (SSSR count). The molecule has 0 aliphatic carbocycles. The van der Waals surface area contributed by atoms with Crippen molar-refractivity contribution in [3.8, 4) is 11.5 Å². The third-order valence-electron chi connectivity index (χ3n) is 2.44. The van der Waals surface area contributed by atoms with Crippen LogP contribution in [0.2, 0.25) is 5.02 Å². The Balaban J connectivity index is 2.31. The van der Waals surface area contributed by atoms with Gasteiger partial charge in [0.1, 0.15) is 11.5 Å². The standard InChI is InChI=1S/C14H14ClNO/c1-9-5-12(16)8-13(6-9)17-14-4-3-11(15)7-10(14)2/h3-8H,16H2,1-2H3. The average molecular weight is 248 g/mol. The molecule has 0 spiro atoms. The van der Waals surface area contributed by atoms with Crippen LogP contribution in [0.1, 0.15) is 11.1 Å². The molecule has 0 radical (unpaired) electrons. The zero-order valence-corrected chi connectivity index (χ0v) is 10.6. The van der Waals surface area contributed by atoms with Crippen LogP contribution in [0.15, 0.2) is 36.4 Å². The van der Waals surface area contributed by atoms with Crippen LogP contribution in [0.25, 0.3) is 0 Å². The largest absolute Gasteiger partial charge is 0.457 e. The summed E-state index contributed by atoms with van der Waals surface area (Å²) in [5, 5.41) is 0.707. The summed E-state index contributed by atoms with van der Waals surface area (Å²) < 4.78 is 5.79. The molecule has 0 amide bonds. The Kier molecular flexibility index (Phi) is 3.25. The van der Waals surface area contributed by atoms with Gasteiger partial charge in [0.2, 0.25) is 0 Å². The third kappa shape index (κ3) is 2.92.